The third-order valence-corrected chi connectivity index (χ3v) is 5.29. The van der Waals surface area contributed by atoms with Crippen molar-refractivity contribution in [2.75, 3.05) is 7.11 Å². The van der Waals surface area contributed by atoms with E-state index in [0.717, 1.165) is 23.4 Å². The molecular formula is C21H18N6O. The summed E-state index contributed by atoms with van der Waals surface area (Å²) >= 11 is 0. The van der Waals surface area contributed by atoms with Crippen molar-refractivity contribution in [1.82, 2.24) is 30.4 Å². The molecule has 0 saturated heterocycles. The first kappa shape index (κ1) is 16.4. The molecule has 7 heteroatoms. The highest BCUT2D eigenvalue weighted by Gasteiger charge is 2.37. The van der Waals surface area contributed by atoms with Crippen LogP contribution in [0.5, 0.6) is 5.75 Å². The van der Waals surface area contributed by atoms with Crippen LogP contribution in [-0.2, 0) is 11.8 Å². The maximum absolute atomic E-state index is 5.48. The first-order valence-corrected chi connectivity index (χ1v) is 9.00. The lowest BCUT2D eigenvalue weighted by Gasteiger charge is -2.34. The number of hydrogen-bond acceptors (Lipinski definition) is 5. The van der Waals surface area contributed by atoms with Crippen LogP contribution in [0.1, 0.15) is 22.4 Å². The standard InChI is InChI=1S/C21H18N6O/c1-28-17-9-5-8-16(12-17)21(15-6-3-2-4-7-15)11-10-18-19(13-21)23-24-20(18)27-14-22-25-26-27/h2-12,14H,13H2,1H3,(H,23,24). The predicted octanol–water partition coefficient (Wildman–Crippen LogP) is 2.95. The highest BCUT2D eigenvalue weighted by molar-refractivity contribution is 5.67. The first-order chi connectivity index (χ1) is 13.8. The molecule has 1 N–H and O–H groups in total. The van der Waals surface area contributed by atoms with Gasteiger partial charge >= 0.3 is 0 Å². The largest absolute Gasteiger partial charge is 0.497 e. The van der Waals surface area contributed by atoms with Crippen molar-refractivity contribution in [3.63, 3.8) is 0 Å². The maximum Gasteiger partial charge on any atom is 0.185 e. The Morgan fingerprint density at radius 1 is 1.07 bits per heavy atom. The molecule has 7 nitrogen and oxygen atoms in total. The van der Waals surface area contributed by atoms with Gasteiger partial charge in [0, 0.05) is 23.1 Å². The molecule has 1 aliphatic rings. The number of rotatable bonds is 4. The van der Waals surface area contributed by atoms with Crippen LogP contribution in [-0.4, -0.2) is 37.5 Å². The minimum absolute atomic E-state index is 0.326. The minimum atomic E-state index is -0.326. The highest BCUT2D eigenvalue weighted by atomic mass is 16.5. The van der Waals surface area contributed by atoms with Crippen molar-refractivity contribution in [2.45, 2.75) is 11.8 Å². The van der Waals surface area contributed by atoms with Crippen LogP contribution in [0.4, 0.5) is 0 Å². The van der Waals surface area contributed by atoms with Gasteiger partial charge in [-0.05, 0) is 33.7 Å². The van der Waals surface area contributed by atoms with Crippen molar-refractivity contribution in [3.8, 4) is 11.6 Å². The summed E-state index contributed by atoms with van der Waals surface area (Å²) in [7, 11) is 1.69. The second kappa shape index (κ2) is 6.45. The summed E-state index contributed by atoms with van der Waals surface area (Å²) < 4.78 is 7.05. The van der Waals surface area contributed by atoms with E-state index in [9.17, 15) is 0 Å². The number of nitrogens with zero attached hydrogens (tertiary/aromatic N) is 5. The Bertz CT molecular complexity index is 1130. The van der Waals surface area contributed by atoms with Crippen LogP contribution in [0, 0.1) is 0 Å². The van der Waals surface area contributed by atoms with Gasteiger partial charge in [-0.15, -0.1) is 5.10 Å². The zero-order chi connectivity index (χ0) is 19.0. The topological polar surface area (TPSA) is 81.5 Å². The summed E-state index contributed by atoms with van der Waals surface area (Å²) in [4.78, 5) is 0. The molecule has 28 heavy (non-hydrogen) atoms. The van der Waals surface area contributed by atoms with Crippen LogP contribution in [0.25, 0.3) is 11.9 Å². The number of hydrogen-bond donors (Lipinski definition) is 1. The number of aromatic nitrogens is 6. The van der Waals surface area contributed by atoms with Crippen LogP contribution < -0.4 is 4.74 Å². The fraction of sp³-hybridized carbons (Fsp3) is 0.143. The van der Waals surface area contributed by atoms with Gasteiger partial charge in [0.25, 0.3) is 0 Å². The molecule has 4 aromatic rings. The summed E-state index contributed by atoms with van der Waals surface area (Å²) in [6.45, 7) is 0. The van der Waals surface area contributed by atoms with E-state index in [1.165, 1.54) is 11.1 Å². The number of ether oxygens (including phenoxy) is 1. The zero-order valence-electron chi connectivity index (χ0n) is 15.3. The quantitative estimate of drug-likeness (QED) is 0.597. The second-order valence-electron chi connectivity index (χ2n) is 6.77. The van der Waals surface area contributed by atoms with Crippen LogP contribution >= 0.6 is 0 Å². The van der Waals surface area contributed by atoms with Crippen molar-refractivity contribution in [3.05, 3.63) is 89.4 Å². The Balaban J connectivity index is 1.67. The molecule has 1 aliphatic carbocycles. The maximum atomic E-state index is 5.48. The molecule has 1 atom stereocenters. The van der Waals surface area contributed by atoms with Gasteiger partial charge in [0.1, 0.15) is 12.1 Å². The summed E-state index contributed by atoms with van der Waals surface area (Å²) in [5, 5.41) is 19.0. The van der Waals surface area contributed by atoms with Gasteiger partial charge in [-0.2, -0.15) is 9.78 Å². The summed E-state index contributed by atoms with van der Waals surface area (Å²) in [6, 6.07) is 18.7. The van der Waals surface area contributed by atoms with E-state index in [0.29, 0.717) is 5.82 Å². The average molecular weight is 370 g/mol. The third-order valence-electron chi connectivity index (χ3n) is 5.29. The van der Waals surface area contributed by atoms with E-state index < -0.39 is 0 Å². The molecule has 2 aromatic heterocycles. The number of nitrogens with one attached hydrogen (secondary N) is 1. The van der Waals surface area contributed by atoms with Crippen molar-refractivity contribution in [2.24, 2.45) is 0 Å². The van der Waals surface area contributed by atoms with Gasteiger partial charge in [0.05, 0.1) is 7.11 Å². The summed E-state index contributed by atoms with van der Waals surface area (Å²) in [5.41, 5.74) is 4.09. The Morgan fingerprint density at radius 3 is 2.71 bits per heavy atom. The smallest absolute Gasteiger partial charge is 0.185 e. The number of aromatic amines is 1. The molecule has 1 unspecified atom stereocenters. The molecule has 0 radical (unpaired) electrons. The van der Waals surface area contributed by atoms with Crippen molar-refractivity contribution >= 4 is 6.08 Å². The van der Waals surface area contributed by atoms with E-state index in [2.05, 4.69) is 74.3 Å². The lowest BCUT2D eigenvalue weighted by Crippen LogP contribution is -2.30. The molecular weight excluding hydrogens is 352 g/mol. The molecule has 2 aromatic carbocycles. The van der Waals surface area contributed by atoms with Gasteiger partial charge < -0.3 is 4.74 Å². The molecule has 0 amide bonds. The third kappa shape index (κ3) is 2.51. The molecule has 138 valence electrons. The Kier molecular flexibility index (Phi) is 3.79. The van der Waals surface area contributed by atoms with E-state index in [1.54, 1.807) is 18.1 Å². The second-order valence-corrected chi connectivity index (χ2v) is 6.77. The van der Waals surface area contributed by atoms with Crippen molar-refractivity contribution < 1.29 is 4.74 Å². The number of tetrazole rings is 1. The lowest BCUT2D eigenvalue weighted by molar-refractivity contribution is 0.413. The average Bonchev–Trinajstić information content (AvgIpc) is 3.43. The van der Waals surface area contributed by atoms with E-state index in [-0.39, 0.29) is 5.41 Å². The molecule has 0 spiro atoms. The normalized spacial score (nSPS) is 18.0. The molecule has 0 saturated carbocycles. The molecule has 0 fully saturated rings. The molecule has 0 aliphatic heterocycles. The number of H-pyrrole nitrogens is 1. The molecule has 5 rings (SSSR count). The first-order valence-electron chi connectivity index (χ1n) is 9.00. The van der Waals surface area contributed by atoms with E-state index in [1.807, 2.05) is 18.2 Å². The lowest BCUT2D eigenvalue weighted by atomic mass is 9.68. The highest BCUT2D eigenvalue weighted by Crippen LogP contribution is 2.42. The fourth-order valence-corrected chi connectivity index (χ4v) is 3.88. The monoisotopic (exact) mass is 370 g/mol. The van der Waals surface area contributed by atoms with Crippen LogP contribution in [0.2, 0.25) is 0 Å². The fourth-order valence-electron chi connectivity index (χ4n) is 3.88. The Labute approximate surface area is 161 Å². The number of methoxy groups -OCH3 is 1. The summed E-state index contributed by atoms with van der Waals surface area (Å²) in [6.07, 6.45) is 6.63. The van der Waals surface area contributed by atoms with Gasteiger partial charge in [-0.1, -0.05) is 54.6 Å². The number of allylic oxidation sites excluding steroid dienone is 1. The van der Waals surface area contributed by atoms with Gasteiger partial charge in [-0.25, -0.2) is 0 Å². The van der Waals surface area contributed by atoms with Crippen LogP contribution in [0.15, 0.2) is 67.0 Å². The van der Waals surface area contributed by atoms with Gasteiger partial charge in [0.2, 0.25) is 0 Å². The van der Waals surface area contributed by atoms with Crippen LogP contribution in [0.3, 0.4) is 0 Å². The predicted molar refractivity (Wildman–Crippen MR) is 104 cm³/mol. The van der Waals surface area contributed by atoms with Gasteiger partial charge in [-0.3, -0.25) is 5.10 Å². The van der Waals surface area contributed by atoms with Gasteiger partial charge in [0.15, 0.2) is 5.82 Å². The zero-order valence-corrected chi connectivity index (χ0v) is 15.3. The Hall–Kier alpha value is -3.74. The minimum Gasteiger partial charge on any atom is -0.497 e. The van der Waals surface area contributed by atoms with E-state index in [4.69, 9.17) is 4.74 Å². The van der Waals surface area contributed by atoms with E-state index >= 15 is 0 Å². The molecule has 2 heterocycles. The summed E-state index contributed by atoms with van der Waals surface area (Å²) in [5.74, 6) is 1.54. The Morgan fingerprint density at radius 2 is 1.93 bits per heavy atom. The SMILES string of the molecule is COc1cccc(C2(c3ccccc3)C=Cc3c(-n4cnnn4)n[nH]c3C2)c1. The number of benzene rings is 2. The number of fused-ring (bicyclic) bond motifs is 1. The van der Waals surface area contributed by atoms with Crippen molar-refractivity contribution in [1.29, 1.82) is 0 Å². The molecule has 0 bridgehead atoms.